The molecular weight excluding hydrogens is 434 g/mol. The summed E-state index contributed by atoms with van der Waals surface area (Å²) in [6.07, 6.45) is 4.61. The summed E-state index contributed by atoms with van der Waals surface area (Å²) in [4.78, 5) is 24.9. The maximum absolute atomic E-state index is 12.5. The molecule has 0 atom stereocenters. The van der Waals surface area contributed by atoms with Crippen LogP contribution in [0.1, 0.15) is 61.1 Å². The van der Waals surface area contributed by atoms with Crippen LogP contribution in [-0.4, -0.2) is 72.5 Å². The smallest absolute Gasteiger partial charge is 0.269 e. The van der Waals surface area contributed by atoms with E-state index in [2.05, 4.69) is 65.1 Å². The minimum absolute atomic E-state index is 0.0681. The maximum atomic E-state index is 12.5. The first-order valence-corrected chi connectivity index (χ1v) is 13.5. The molecule has 2 aliphatic rings. The number of rotatable bonds is 8. The number of likely N-dealkylation sites (tertiary alicyclic amines) is 1. The lowest BCUT2D eigenvalue weighted by Gasteiger charge is -2.38. The first-order valence-electron chi connectivity index (χ1n) is 13.5. The number of aryl methyl sites for hydroxylation is 1. The molecule has 6 heteroatoms. The van der Waals surface area contributed by atoms with Gasteiger partial charge in [0.25, 0.3) is 5.91 Å². The second-order valence-corrected chi connectivity index (χ2v) is 10.6. The summed E-state index contributed by atoms with van der Waals surface area (Å²) in [5, 5.41) is 3.01. The number of benzene rings is 1. The van der Waals surface area contributed by atoms with E-state index in [-0.39, 0.29) is 5.91 Å². The van der Waals surface area contributed by atoms with Crippen molar-refractivity contribution in [2.75, 3.05) is 50.7 Å². The van der Waals surface area contributed by atoms with Gasteiger partial charge in [-0.3, -0.25) is 14.6 Å². The molecule has 6 nitrogen and oxygen atoms in total. The molecule has 0 spiro atoms. The van der Waals surface area contributed by atoms with Gasteiger partial charge in [-0.2, -0.15) is 0 Å². The number of anilines is 1. The monoisotopic (exact) mass is 477 g/mol. The van der Waals surface area contributed by atoms with Crippen LogP contribution in [0.2, 0.25) is 0 Å². The number of nitrogens with zero attached hydrogens (tertiary/aromatic N) is 4. The molecule has 1 aromatic heterocycles. The highest BCUT2D eigenvalue weighted by atomic mass is 16.1. The Balaban J connectivity index is 1.27. The molecule has 4 rings (SSSR count). The molecule has 2 fully saturated rings. The fourth-order valence-electron chi connectivity index (χ4n) is 5.29. The van der Waals surface area contributed by atoms with Gasteiger partial charge in [0.05, 0.1) is 0 Å². The van der Waals surface area contributed by atoms with Gasteiger partial charge in [-0.25, -0.2) is 4.98 Å². The van der Waals surface area contributed by atoms with Gasteiger partial charge < -0.3 is 10.2 Å². The molecule has 3 heterocycles. The topological polar surface area (TPSA) is 51.7 Å². The van der Waals surface area contributed by atoms with Crippen molar-refractivity contribution in [3.63, 3.8) is 0 Å². The number of carbonyl (C=O) groups excluding carboxylic acids is 1. The fraction of sp³-hybridized carbons (Fsp3) is 0.586. The van der Waals surface area contributed by atoms with Crippen LogP contribution in [0.25, 0.3) is 0 Å². The highest BCUT2D eigenvalue weighted by Crippen LogP contribution is 2.22. The summed E-state index contributed by atoms with van der Waals surface area (Å²) in [6.45, 7) is 14.8. The zero-order valence-corrected chi connectivity index (χ0v) is 21.9. The normalized spacial score (nSPS) is 18.6. The molecule has 2 aliphatic heterocycles. The first kappa shape index (κ1) is 25.6. The van der Waals surface area contributed by atoms with E-state index in [1.165, 1.54) is 37.1 Å². The fourth-order valence-corrected chi connectivity index (χ4v) is 5.29. The van der Waals surface area contributed by atoms with Crippen molar-refractivity contribution in [1.82, 2.24) is 20.1 Å². The molecule has 0 bridgehead atoms. The van der Waals surface area contributed by atoms with Crippen molar-refractivity contribution < 1.29 is 4.79 Å². The molecular formula is C29H43N5O. The number of nitrogens with one attached hydrogen (secondary N) is 1. The van der Waals surface area contributed by atoms with Gasteiger partial charge in [0.1, 0.15) is 11.5 Å². The Hall–Kier alpha value is -2.44. The maximum Gasteiger partial charge on any atom is 0.269 e. The summed E-state index contributed by atoms with van der Waals surface area (Å²) in [6, 6.07) is 15.3. The highest BCUT2D eigenvalue weighted by molar-refractivity contribution is 5.92. The van der Waals surface area contributed by atoms with E-state index in [0.717, 1.165) is 51.4 Å². The van der Waals surface area contributed by atoms with E-state index in [1.54, 1.807) is 0 Å². The molecule has 35 heavy (non-hydrogen) atoms. The summed E-state index contributed by atoms with van der Waals surface area (Å²) in [5.41, 5.74) is 3.38. The number of hydrogen-bond donors (Lipinski definition) is 1. The number of piperidine rings is 1. The lowest BCUT2D eigenvalue weighted by molar-refractivity contribution is 0.0947. The lowest BCUT2D eigenvalue weighted by atomic mass is 10.0. The zero-order valence-electron chi connectivity index (χ0n) is 21.9. The number of aromatic nitrogens is 1. The number of pyridine rings is 1. The van der Waals surface area contributed by atoms with Gasteiger partial charge in [-0.1, -0.05) is 44.2 Å². The van der Waals surface area contributed by atoms with Gasteiger partial charge in [-0.15, -0.1) is 0 Å². The quantitative estimate of drug-likeness (QED) is 0.613. The predicted molar refractivity (Wildman–Crippen MR) is 144 cm³/mol. The summed E-state index contributed by atoms with van der Waals surface area (Å²) in [7, 11) is 0. The van der Waals surface area contributed by atoms with Gasteiger partial charge in [0, 0.05) is 45.3 Å². The largest absolute Gasteiger partial charge is 0.355 e. The van der Waals surface area contributed by atoms with Crippen molar-refractivity contribution in [2.24, 2.45) is 5.92 Å². The van der Waals surface area contributed by atoms with Crippen molar-refractivity contribution in [2.45, 2.75) is 59.0 Å². The third-order valence-electron chi connectivity index (χ3n) is 7.56. The molecule has 0 radical (unpaired) electrons. The average molecular weight is 478 g/mol. The van der Waals surface area contributed by atoms with Crippen LogP contribution in [-0.2, 0) is 6.54 Å². The van der Waals surface area contributed by atoms with Gasteiger partial charge in [-0.05, 0) is 74.9 Å². The minimum atomic E-state index is -0.0681. The molecule has 0 saturated carbocycles. The second kappa shape index (κ2) is 12.5. The third kappa shape index (κ3) is 7.28. The van der Waals surface area contributed by atoms with Gasteiger partial charge in [0.2, 0.25) is 0 Å². The van der Waals surface area contributed by atoms with Crippen LogP contribution in [0.4, 0.5) is 5.82 Å². The summed E-state index contributed by atoms with van der Waals surface area (Å²) in [5.74, 6) is 1.44. The molecule has 1 aromatic carbocycles. The van der Waals surface area contributed by atoms with E-state index in [9.17, 15) is 4.79 Å². The Morgan fingerprint density at radius 3 is 2.57 bits per heavy atom. The van der Waals surface area contributed by atoms with Crippen LogP contribution in [0, 0.1) is 12.8 Å². The molecule has 1 amide bonds. The third-order valence-corrected chi connectivity index (χ3v) is 7.56. The van der Waals surface area contributed by atoms with Crippen molar-refractivity contribution in [3.05, 3.63) is 59.3 Å². The standard InChI is InChI=1S/C29H43N5O/c1-23(2)12-15-30-29(35)27-10-6-11-28(31-27)34-17-7-16-33(20-21-34)26-13-18-32(19-14-26)22-25-9-5-4-8-24(25)3/h4-6,8-11,23,26H,7,12-22H2,1-3H3,(H,30,35). The average Bonchev–Trinajstić information content (AvgIpc) is 3.12. The van der Waals surface area contributed by atoms with Gasteiger partial charge >= 0.3 is 0 Å². The van der Waals surface area contributed by atoms with Crippen LogP contribution < -0.4 is 10.2 Å². The Morgan fingerprint density at radius 1 is 1.00 bits per heavy atom. The predicted octanol–water partition coefficient (Wildman–Crippen LogP) is 4.34. The summed E-state index contributed by atoms with van der Waals surface area (Å²) < 4.78 is 0. The van der Waals surface area contributed by atoms with Crippen molar-refractivity contribution in [3.8, 4) is 0 Å². The molecule has 0 aliphatic carbocycles. The van der Waals surface area contributed by atoms with E-state index >= 15 is 0 Å². The van der Waals surface area contributed by atoms with Gasteiger partial charge in [0.15, 0.2) is 0 Å². The van der Waals surface area contributed by atoms with E-state index < -0.39 is 0 Å². The van der Waals surface area contributed by atoms with Crippen molar-refractivity contribution >= 4 is 11.7 Å². The van der Waals surface area contributed by atoms with Crippen LogP contribution in [0.15, 0.2) is 42.5 Å². The minimum Gasteiger partial charge on any atom is -0.355 e. The lowest BCUT2D eigenvalue weighted by Crippen LogP contribution is -2.46. The van der Waals surface area contributed by atoms with Crippen molar-refractivity contribution in [1.29, 1.82) is 0 Å². The molecule has 2 aromatic rings. The molecule has 190 valence electrons. The van der Waals surface area contributed by atoms with Crippen LogP contribution >= 0.6 is 0 Å². The van der Waals surface area contributed by atoms with Crippen LogP contribution in [0.5, 0.6) is 0 Å². The second-order valence-electron chi connectivity index (χ2n) is 10.6. The van der Waals surface area contributed by atoms with E-state index in [1.807, 2.05) is 18.2 Å². The summed E-state index contributed by atoms with van der Waals surface area (Å²) >= 11 is 0. The zero-order chi connectivity index (χ0) is 24.6. The Kier molecular flexibility index (Phi) is 9.16. The van der Waals surface area contributed by atoms with E-state index in [0.29, 0.717) is 24.2 Å². The molecule has 2 saturated heterocycles. The van der Waals surface area contributed by atoms with Crippen LogP contribution in [0.3, 0.4) is 0 Å². The Bertz CT molecular complexity index is 954. The Labute approximate surface area is 211 Å². The molecule has 1 N–H and O–H groups in total. The molecule has 0 unspecified atom stereocenters. The Morgan fingerprint density at radius 2 is 1.80 bits per heavy atom. The first-order chi connectivity index (χ1) is 17.0. The van der Waals surface area contributed by atoms with E-state index in [4.69, 9.17) is 4.98 Å². The number of hydrogen-bond acceptors (Lipinski definition) is 5. The SMILES string of the molecule is Cc1ccccc1CN1CCC(N2CCCN(c3cccc(C(=O)NCCC(C)C)n3)CC2)CC1. The number of amides is 1. The highest BCUT2D eigenvalue weighted by Gasteiger charge is 2.27. The number of carbonyl (C=O) groups is 1.